The van der Waals surface area contributed by atoms with E-state index >= 15 is 0 Å². The summed E-state index contributed by atoms with van der Waals surface area (Å²) in [6, 6.07) is 7.37. The molecule has 2 fully saturated rings. The Morgan fingerprint density at radius 3 is 1.86 bits per heavy atom. The van der Waals surface area contributed by atoms with E-state index in [-0.39, 0.29) is 0 Å². The van der Waals surface area contributed by atoms with Crippen LogP contribution in [0.2, 0.25) is 10.0 Å². The molecule has 0 radical (unpaired) electrons. The highest BCUT2D eigenvalue weighted by atomic mass is 35.5. The van der Waals surface area contributed by atoms with Gasteiger partial charge < -0.3 is 9.80 Å². The van der Waals surface area contributed by atoms with Gasteiger partial charge in [-0.05, 0) is 50.8 Å². The largest absolute Gasteiger partial charge is 0.340 e. The van der Waals surface area contributed by atoms with Crippen LogP contribution in [0.1, 0.15) is 60.2 Å². The maximum atomic E-state index is 8.95. The number of hydrogen-bond acceptors (Lipinski definition) is 11. The molecule has 0 aromatic carbocycles. The average molecular weight is 703 g/mol. The van der Waals surface area contributed by atoms with Crippen molar-refractivity contribution >= 4 is 46.4 Å². The van der Waals surface area contributed by atoms with Crippen LogP contribution in [0.25, 0.3) is 11.3 Å². The van der Waals surface area contributed by atoms with E-state index in [9.17, 15) is 0 Å². The molecule has 17 heteroatoms. The fourth-order valence-electron chi connectivity index (χ4n) is 6.12. The van der Waals surface area contributed by atoms with Crippen molar-refractivity contribution < 1.29 is 0 Å². The van der Waals surface area contributed by atoms with E-state index in [4.69, 9.17) is 28.5 Å². The summed E-state index contributed by atoms with van der Waals surface area (Å²) in [5, 5.41) is 28.1. The van der Waals surface area contributed by atoms with E-state index in [0.717, 1.165) is 85.6 Å². The Morgan fingerprint density at radius 1 is 0.714 bits per heavy atom. The minimum Gasteiger partial charge on any atom is -0.340 e. The fraction of sp³-hybridized carbons (Fsp3) is 0.469. The number of nitrogens with zero attached hydrogens (tertiary/aromatic N) is 15. The van der Waals surface area contributed by atoms with Gasteiger partial charge in [0.05, 0.1) is 21.3 Å². The Bertz CT molecular complexity index is 2140. The molecule has 2 aliphatic heterocycles. The zero-order chi connectivity index (χ0) is 34.1. The summed E-state index contributed by atoms with van der Waals surface area (Å²) in [5.74, 6) is 4.99. The number of fused-ring (bicyclic) bond motifs is 2. The molecule has 8 rings (SSSR count). The smallest absolute Gasteiger partial charge is 0.244 e. The Hall–Kier alpha value is -4.81. The predicted octanol–water partition coefficient (Wildman–Crippen LogP) is 3.97. The molecule has 0 saturated carbocycles. The highest BCUT2D eigenvalue weighted by molar-refractivity contribution is 6.36. The third-order valence-electron chi connectivity index (χ3n) is 8.89. The lowest BCUT2D eigenvalue weighted by Crippen LogP contribution is -2.19. The summed E-state index contributed by atoms with van der Waals surface area (Å²) < 4.78 is 7.04. The summed E-state index contributed by atoms with van der Waals surface area (Å²) in [6.45, 7) is 6.05. The van der Waals surface area contributed by atoms with Gasteiger partial charge in [-0.2, -0.15) is 25.4 Å². The number of hydrogen-bond donors (Lipinski definition) is 0. The molecule has 2 aliphatic rings. The van der Waals surface area contributed by atoms with Gasteiger partial charge in [-0.25, -0.2) is 19.0 Å². The minimum absolute atomic E-state index is 0.504. The summed E-state index contributed by atoms with van der Waals surface area (Å²) in [7, 11) is 3.86. The molecule has 254 valence electrons. The Labute approximate surface area is 293 Å². The Balaban J connectivity index is 0.000000154. The van der Waals surface area contributed by atoms with Crippen molar-refractivity contribution in [3.63, 3.8) is 0 Å². The minimum atomic E-state index is 0.504. The monoisotopic (exact) mass is 701 g/mol. The number of aryl methyl sites for hydroxylation is 7. The van der Waals surface area contributed by atoms with Gasteiger partial charge >= 0.3 is 0 Å². The third-order valence-corrected chi connectivity index (χ3v) is 9.55. The SMILES string of the molecule is Cc1c(Cl)cc(Cl)c2nc(CCc3nc(N4CCCC4)nn3C)nn12.Cn1nc(N2CCCC2)nc1CCc1nc2ccc(C#N)cn2n1. The molecule has 6 aromatic heterocycles. The van der Waals surface area contributed by atoms with Gasteiger partial charge in [0.2, 0.25) is 11.9 Å². The van der Waals surface area contributed by atoms with Crippen molar-refractivity contribution in [1.29, 1.82) is 5.26 Å². The highest BCUT2D eigenvalue weighted by Gasteiger charge is 2.20. The van der Waals surface area contributed by atoms with Crippen LogP contribution in [0.15, 0.2) is 24.4 Å². The molecule has 0 amide bonds. The van der Waals surface area contributed by atoms with Crippen LogP contribution in [0.4, 0.5) is 11.9 Å². The van der Waals surface area contributed by atoms with Crippen LogP contribution in [0.5, 0.6) is 0 Å². The van der Waals surface area contributed by atoms with Crippen molar-refractivity contribution in [2.24, 2.45) is 14.1 Å². The molecule has 15 nitrogen and oxygen atoms in total. The molecule has 8 heterocycles. The van der Waals surface area contributed by atoms with E-state index in [2.05, 4.69) is 56.2 Å². The van der Waals surface area contributed by atoms with Crippen LogP contribution < -0.4 is 9.80 Å². The first-order valence-electron chi connectivity index (χ1n) is 16.5. The first-order chi connectivity index (χ1) is 23.7. The first kappa shape index (κ1) is 32.7. The average Bonchev–Trinajstić information content (AvgIpc) is 3.94. The molecule has 0 aliphatic carbocycles. The van der Waals surface area contributed by atoms with Gasteiger partial charge in [-0.3, -0.25) is 9.36 Å². The number of rotatable bonds is 8. The summed E-state index contributed by atoms with van der Waals surface area (Å²) in [4.78, 5) is 22.8. The number of nitriles is 1. The van der Waals surface area contributed by atoms with E-state index in [1.807, 2.05) is 36.4 Å². The van der Waals surface area contributed by atoms with Crippen molar-refractivity contribution in [3.05, 3.63) is 69.0 Å². The van der Waals surface area contributed by atoms with Crippen LogP contribution in [0.3, 0.4) is 0 Å². The summed E-state index contributed by atoms with van der Waals surface area (Å²) in [6.07, 6.45) is 9.35. The number of halogens is 2. The summed E-state index contributed by atoms with van der Waals surface area (Å²) in [5.41, 5.74) is 2.78. The molecule has 0 N–H and O–H groups in total. The highest BCUT2D eigenvalue weighted by Crippen LogP contribution is 2.25. The van der Waals surface area contributed by atoms with Crippen molar-refractivity contribution in [1.82, 2.24) is 58.7 Å². The number of anilines is 2. The standard InChI is InChI=1S/C16H19Cl2N7.C16H18N8/c1-10-11(17)9-12(18)15-19-13(21-25(10)15)5-6-14-20-16(22-23(14)2)24-7-3-4-8-24;1-22-14(19-16(21-22)23-8-2-3-9-23)7-5-13-18-15-6-4-12(10-17)11-24(15)20-13/h9H,3-8H2,1-2H3;4,6,11H,2-3,5,7-9H2,1H3. The third kappa shape index (κ3) is 7.02. The van der Waals surface area contributed by atoms with E-state index < -0.39 is 0 Å². The van der Waals surface area contributed by atoms with Gasteiger partial charge in [0.1, 0.15) is 17.7 Å². The van der Waals surface area contributed by atoms with Crippen molar-refractivity contribution in [2.75, 3.05) is 36.0 Å². The van der Waals surface area contributed by atoms with Gasteiger partial charge in [0, 0.05) is 72.2 Å². The normalized spacial score (nSPS) is 14.6. The maximum absolute atomic E-state index is 8.95. The van der Waals surface area contributed by atoms with Gasteiger partial charge in [-0.1, -0.05) is 23.2 Å². The lowest BCUT2D eigenvalue weighted by atomic mass is 10.3. The molecule has 0 atom stereocenters. The first-order valence-corrected chi connectivity index (χ1v) is 17.3. The maximum Gasteiger partial charge on any atom is 0.244 e. The van der Waals surface area contributed by atoms with Gasteiger partial charge in [0.15, 0.2) is 22.9 Å². The molecule has 0 unspecified atom stereocenters. The quantitative estimate of drug-likeness (QED) is 0.227. The zero-order valence-electron chi connectivity index (χ0n) is 27.8. The lowest BCUT2D eigenvalue weighted by molar-refractivity contribution is 0.681. The zero-order valence-corrected chi connectivity index (χ0v) is 29.3. The second-order valence-corrected chi connectivity index (χ2v) is 13.2. The topological polar surface area (TPSA) is 152 Å². The number of pyridine rings is 2. The van der Waals surface area contributed by atoms with Crippen molar-refractivity contribution in [2.45, 2.75) is 58.3 Å². The summed E-state index contributed by atoms with van der Waals surface area (Å²) >= 11 is 12.4. The molecular weight excluding hydrogens is 665 g/mol. The fourth-order valence-corrected chi connectivity index (χ4v) is 6.60. The second-order valence-electron chi connectivity index (χ2n) is 12.3. The Morgan fingerprint density at radius 2 is 1.29 bits per heavy atom. The molecular formula is C32H37Cl2N15. The van der Waals surface area contributed by atoms with Gasteiger partial charge in [-0.15, -0.1) is 10.2 Å². The lowest BCUT2D eigenvalue weighted by Gasteiger charge is -2.10. The van der Waals surface area contributed by atoms with Crippen LogP contribution in [0, 0.1) is 18.3 Å². The molecule has 0 spiro atoms. The van der Waals surface area contributed by atoms with Crippen LogP contribution >= 0.6 is 23.2 Å². The van der Waals surface area contributed by atoms with Gasteiger partial charge in [0.25, 0.3) is 0 Å². The molecule has 6 aromatic rings. The molecule has 49 heavy (non-hydrogen) atoms. The van der Waals surface area contributed by atoms with Crippen molar-refractivity contribution in [3.8, 4) is 6.07 Å². The van der Waals surface area contributed by atoms with Crippen LogP contribution in [-0.2, 0) is 39.8 Å². The second kappa shape index (κ2) is 14.0. The van der Waals surface area contributed by atoms with E-state index in [1.165, 1.54) is 25.7 Å². The van der Waals surface area contributed by atoms with E-state index in [1.54, 1.807) is 27.4 Å². The van der Waals surface area contributed by atoms with Crippen LogP contribution in [-0.4, -0.2) is 84.9 Å². The molecule has 2 saturated heterocycles. The Kier molecular flexibility index (Phi) is 9.33. The number of aromatic nitrogens is 12. The predicted molar refractivity (Wildman–Crippen MR) is 185 cm³/mol. The van der Waals surface area contributed by atoms with E-state index in [0.29, 0.717) is 34.1 Å². The molecule has 0 bridgehead atoms.